The first-order chi connectivity index (χ1) is 15.7. The van der Waals surface area contributed by atoms with Crippen LogP contribution in [0.15, 0.2) is 54.6 Å². The van der Waals surface area contributed by atoms with Gasteiger partial charge in [-0.05, 0) is 82.1 Å². The second-order valence-corrected chi connectivity index (χ2v) is 9.18. The highest BCUT2D eigenvalue weighted by Gasteiger charge is 2.36. The summed E-state index contributed by atoms with van der Waals surface area (Å²) in [6, 6.07) is 10.7. The first-order valence-corrected chi connectivity index (χ1v) is 12.6. The third-order valence-electron chi connectivity index (χ3n) is 6.66. The van der Waals surface area contributed by atoms with E-state index in [9.17, 15) is 4.79 Å². The molecule has 0 amide bonds. The second-order valence-electron chi connectivity index (χ2n) is 9.18. The van der Waals surface area contributed by atoms with E-state index < -0.39 is 5.97 Å². The average Bonchev–Trinajstić information content (AvgIpc) is 3.18. The summed E-state index contributed by atoms with van der Waals surface area (Å²) in [5.41, 5.74) is 1.41. The summed E-state index contributed by atoms with van der Waals surface area (Å²) in [5, 5.41) is 8.77. The van der Waals surface area contributed by atoms with E-state index in [0.717, 1.165) is 51.6 Å². The zero-order chi connectivity index (χ0) is 22.4. The summed E-state index contributed by atoms with van der Waals surface area (Å²) in [7, 11) is 0. The molecule has 1 saturated carbocycles. The lowest BCUT2D eigenvalue weighted by Gasteiger charge is -2.29. The van der Waals surface area contributed by atoms with E-state index in [2.05, 4.69) is 54.6 Å². The zero-order valence-corrected chi connectivity index (χ0v) is 19.4. The number of ether oxygens (including phenoxy) is 2. The number of hydrogen-bond acceptors (Lipinski definition) is 3. The van der Waals surface area contributed by atoms with Gasteiger partial charge in [0, 0.05) is 18.9 Å². The van der Waals surface area contributed by atoms with Crippen LogP contribution in [0.2, 0.25) is 0 Å². The van der Waals surface area contributed by atoms with Crippen LogP contribution in [0.5, 0.6) is 0 Å². The molecule has 0 bridgehead atoms. The molecule has 3 rings (SSSR count). The third-order valence-corrected chi connectivity index (χ3v) is 6.66. The molecule has 2 fully saturated rings. The SMILES string of the molecule is O=C(O)CCC/C=C\C[C@H]1CC[C@@H](OC2CCCCO2)[C@@H]1/C=C/CCCc1ccccc1. The fourth-order valence-electron chi connectivity index (χ4n) is 4.88. The Bertz CT molecular complexity index is 705. The van der Waals surface area contributed by atoms with Crippen molar-refractivity contribution in [3.8, 4) is 0 Å². The Morgan fingerprint density at radius 3 is 2.66 bits per heavy atom. The number of aliphatic carboxylic acids is 1. The van der Waals surface area contributed by atoms with Gasteiger partial charge in [-0.1, -0.05) is 54.6 Å². The van der Waals surface area contributed by atoms with Crippen LogP contribution in [0.25, 0.3) is 0 Å². The van der Waals surface area contributed by atoms with E-state index in [0.29, 0.717) is 18.3 Å². The molecular formula is C28H40O4. The van der Waals surface area contributed by atoms with Crippen molar-refractivity contribution in [2.24, 2.45) is 11.8 Å². The molecule has 4 atom stereocenters. The van der Waals surface area contributed by atoms with Gasteiger partial charge in [0.1, 0.15) is 0 Å². The molecule has 2 aliphatic rings. The van der Waals surface area contributed by atoms with E-state index in [-0.39, 0.29) is 18.8 Å². The Balaban J connectivity index is 1.49. The molecule has 1 N–H and O–H groups in total. The highest BCUT2D eigenvalue weighted by Crippen LogP contribution is 2.39. The van der Waals surface area contributed by atoms with Crippen molar-refractivity contribution >= 4 is 5.97 Å². The summed E-state index contributed by atoms with van der Waals surface area (Å²) >= 11 is 0. The summed E-state index contributed by atoms with van der Waals surface area (Å²) in [4.78, 5) is 10.7. The van der Waals surface area contributed by atoms with Crippen LogP contribution in [-0.4, -0.2) is 30.1 Å². The van der Waals surface area contributed by atoms with E-state index in [1.165, 1.54) is 24.8 Å². The number of benzene rings is 1. The summed E-state index contributed by atoms with van der Waals surface area (Å²) < 4.78 is 12.3. The second kappa shape index (κ2) is 14.3. The summed E-state index contributed by atoms with van der Waals surface area (Å²) in [6.07, 6.45) is 21.2. The molecule has 0 spiro atoms. The third kappa shape index (κ3) is 8.91. The molecule has 1 aromatic carbocycles. The van der Waals surface area contributed by atoms with Crippen molar-refractivity contribution < 1.29 is 19.4 Å². The maximum atomic E-state index is 10.7. The van der Waals surface area contributed by atoms with E-state index in [4.69, 9.17) is 14.6 Å². The predicted octanol–water partition coefficient (Wildman–Crippen LogP) is 6.70. The van der Waals surface area contributed by atoms with Gasteiger partial charge in [0.05, 0.1) is 6.10 Å². The normalized spacial score (nSPS) is 26.2. The van der Waals surface area contributed by atoms with Gasteiger partial charge < -0.3 is 14.6 Å². The van der Waals surface area contributed by atoms with Crippen LogP contribution < -0.4 is 0 Å². The Hall–Kier alpha value is -1.91. The van der Waals surface area contributed by atoms with Gasteiger partial charge in [-0.2, -0.15) is 0 Å². The molecule has 1 heterocycles. The standard InChI is InChI=1S/C28H40O4/c29-27(30)18-10-2-1-8-16-24-20-21-26(32-28-19-11-12-22-31-28)25(24)17-9-4-7-15-23-13-5-3-6-14-23/h1,3,5-6,8-9,13-14,17,24-26,28H,2,4,7,10-12,15-16,18-22H2,(H,29,30)/b8-1-,17-9+/t24-,25+,26+,28?/m0/s1. The molecule has 4 heteroatoms. The fraction of sp³-hybridized carbons (Fsp3) is 0.607. The van der Waals surface area contributed by atoms with E-state index in [1.807, 2.05) is 0 Å². The first-order valence-electron chi connectivity index (χ1n) is 12.6. The maximum Gasteiger partial charge on any atom is 0.303 e. The van der Waals surface area contributed by atoms with Crippen molar-refractivity contribution in [2.45, 2.75) is 89.4 Å². The molecule has 32 heavy (non-hydrogen) atoms. The largest absolute Gasteiger partial charge is 0.481 e. The minimum absolute atomic E-state index is 0.0342. The fourth-order valence-corrected chi connectivity index (χ4v) is 4.88. The van der Waals surface area contributed by atoms with Gasteiger partial charge in [-0.15, -0.1) is 0 Å². The van der Waals surface area contributed by atoms with Crippen LogP contribution >= 0.6 is 0 Å². The van der Waals surface area contributed by atoms with Crippen LogP contribution in [0.3, 0.4) is 0 Å². The van der Waals surface area contributed by atoms with Crippen LogP contribution in [0.1, 0.15) is 76.2 Å². The molecule has 1 saturated heterocycles. The smallest absolute Gasteiger partial charge is 0.303 e. The predicted molar refractivity (Wildman–Crippen MR) is 128 cm³/mol. The summed E-state index contributed by atoms with van der Waals surface area (Å²) in [5.74, 6) is 0.308. The Labute approximate surface area is 193 Å². The first kappa shape index (κ1) is 24.7. The van der Waals surface area contributed by atoms with Gasteiger partial charge in [0.2, 0.25) is 0 Å². The Morgan fingerprint density at radius 1 is 1.03 bits per heavy atom. The number of allylic oxidation sites excluding steroid dienone is 3. The highest BCUT2D eigenvalue weighted by atomic mass is 16.7. The number of carboxylic acid groups (broad SMARTS) is 1. The molecule has 4 nitrogen and oxygen atoms in total. The molecule has 176 valence electrons. The minimum atomic E-state index is -0.711. The van der Waals surface area contributed by atoms with E-state index >= 15 is 0 Å². The zero-order valence-electron chi connectivity index (χ0n) is 19.4. The van der Waals surface area contributed by atoms with Gasteiger partial charge in [-0.25, -0.2) is 0 Å². The van der Waals surface area contributed by atoms with Gasteiger partial charge in [0.25, 0.3) is 0 Å². The molecule has 1 aliphatic heterocycles. The van der Waals surface area contributed by atoms with Gasteiger partial charge in [-0.3, -0.25) is 4.79 Å². The number of carbonyl (C=O) groups is 1. The lowest BCUT2D eigenvalue weighted by Crippen LogP contribution is -2.30. The highest BCUT2D eigenvalue weighted by molar-refractivity contribution is 5.66. The number of unbranched alkanes of at least 4 members (excludes halogenated alkanes) is 2. The van der Waals surface area contributed by atoms with Gasteiger partial charge in [0.15, 0.2) is 6.29 Å². The monoisotopic (exact) mass is 440 g/mol. The Kier molecular flexibility index (Phi) is 11.0. The lowest BCUT2D eigenvalue weighted by molar-refractivity contribution is -0.192. The number of rotatable bonds is 13. The van der Waals surface area contributed by atoms with Crippen LogP contribution in [-0.2, 0) is 20.7 Å². The molecular weight excluding hydrogens is 400 g/mol. The number of aryl methyl sites for hydroxylation is 1. The van der Waals surface area contributed by atoms with Crippen LogP contribution in [0.4, 0.5) is 0 Å². The minimum Gasteiger partial charge on any atom is -0.481 e. The van der Waals surface area contributed by atoms with Crippen molar-refractivity contribution in [2.75, 3.05) is 6.61 Å². The van der Waals surface area contributed by atoms with Crippen LogP contribution in [0, 0.1) is 11.8 Å². The quantitative estimate of drug-likeness (QED) is 0.274. The van der Waals surface area contributed by atoms with Gasteiger partial charge >= 0.3 is 5.97 Å². The molecule has 0 radical (unpaired) electrons. The van der Waals surface area contributed by atoms with Crippen molar-refractivity contribution in [3.63, 3.8) is 0 Å². The van der Waals surface area contributed by atoms with Crippen molar-refractivity contribution in [1.82, 2.24) is 0 Å². The lowest BCUT2D eigenvalue weighted by atomic mass is 9.90. The maximum absolute atomic E-state index is 10.7. The number of hydrogen-bond donors (Lipinski definition) is 1. The Morgan fingerprint density at radius 2 is 1.88 bits per heavy atom. The topological polar surface area (TPSA) is 55.8 Å². The van der Waals surface area contributed by atoms with Crippen molar-refractivity contribution in [3.05, 3.63) is 60.2 Å². The summed E-state index contributed by atoms with van der Waals surface area (Å²) in [6.45, 7) is 0.819. The number of carboxylic acids is 1. The molecule has 1 aromatic rings. The molecule has 0 aromatic heterocycles. The average molecular weight is 441 g/mol. The van der Waals surface area contributed by atoms with Crippen molar-refractivity contribution in [1.29, 1.82) is 0 Å². The van der Waals surface area contributed by atoms with E-state index in [1.54, 1.807) is 0 Å². The molecule has 1 unspecified atom stereocenters. The molecule has 1 aliphatic carbocycles.